The van der Waals surface area contributed by atoms with Crippen molar-refractivity contribution in [3.8, 4) is 0 Å². The third-order valence-corrected chi connectivity index (χ3v) is 3.51. The van der Waals surface area contributed by atoms with Gasteiger partial charge in [-0.05, 0) is 64.1 Å². The molecule has 2 rings (SSSR count). The van der Waals surface area contributed by atoms with Crippen molar-refractivity contribution in [2.45, 2.75) is 10.4 Å². The number of halogens is 4. The van der Waals surface area contributed by atoms with Crippen molar-refractivity contribution in [2.24, 2.45) is 0 Å². The average molecular weight is 377 g/mol. The van der Waals surface area contributed by atoms with Crippen LogP contribution in [0, 0.1) is 0 Å². The van der Waals surface area contributed by atoms with Crippen LogP contribution in [-0.2, 0) is 0 Å². The van der Waals surface area contributed by atoms with Gasteiger partial charge in [0.05, 0.1) is 0 Å². The van der Waals surface area contributed by atoms with E-state index in [0.717, 1.165) is 4.47 Å². The van der Waals surface area contributed by atoms with Crippen molar-refractivity contribution in [1.82, 2.24) is 4.98 Å². The first kappa shape index (κ1) is 15.8. The summed E-state index contributed by atoms with van der Waals surface area (Å²) in [6.45, 7) is 0. The molecule has 110 valence electrons. The van der Waals surface area contributed by atoms with Crippen LogP contribution in [0.2, 0.25) is 0 Å². The summed E-state index contributed by atoms with van der Waals surface area (Å²) in [5.74, 6) is -0.432. The highest BCUT2D eigenvalue weighted by molar-refractivity contribution is 9.10. The molecule has 0 aliphatic heterocycles. The molecule has 2 aromatic rings. The standard InChI is InChI=1S/C13H8BrF3N2OS/c14-8-1-6-11(18-7-8)12(20)19-9-2-4-10(5-3-9)21-13(15,16)17/h1-7H,(H,19,20). The molecule has 0 atom stereocenters. The first-order chi connectivity index (χ1) is 9.83. The molecule has 1 N–H and O–H groups in total. The number of anilines is 1. The Labute approximate surface area is 131 Å². The smallest absolute Gasteiger partial charge is 0.321 e. The van der Waals surface area contributed by atoms with E-state index in [9.17, 15) is 18.0 Å². The normalized spacial score (nSPS) is 11.2. The van der Waals surface area contributed by atoms with Gasteiger partial charge in [-0.3, -0.25) is 4.79 Å². The Bertz CT molecular complexity index is 629. The predicted molar refractivity (Wildman–Crippen MR) is 78.2 cm³/mol. The third kappa shape index (κ3) is 5.05. The van der Waals surface area contributed by atoms with Crippen LogP contribution in [0.4, 0.5) is 18.9 Å². The third-order valence-electron chi connectivity index (χ3n) is 2.31. The molecule has 1 heterocycles. The van der Waals surface area contributed by atoms with Crippen molar-refractivity contribution < 1.29 is 18.0 Å². The van der Waals surface area contributed by atoms with E-state index in [4.69, 9.17) is 0 Å². The number of hydrogen-bond donors (Lipinski definition) is 1. The van der Waals surface area contributed by atoms with Gasteiger partial charge in [-0.25, -0.2) is 4.98 Å². The van der Waals surface area contributed by atoms with Crippen LogP contribution in [-0.4, -0.2) is 16.4 Å². The van der Waals surface area contributed by atoms with E-state index in [0.29, 0.717) is 5.69 Å². The fourth-order valence-corrected chi connectivity index (χ4v) is 2.22. The van der Waals surface area contributed by atoms with Gasteiger partial charge >= 0.3 is 5.51 Å². The predicted octanol–water partition coefficient (Wildman–Crippen LogP) is 4.71. The molecule has 0 bridgehead atoms. The van der Waals surface area contributed by atoms with Crippen molar-refractivity contribution in [3.63, 3.8) is 0 Å². The molecule has 0 spiro atoms. The molecule has 1 aromatic heterocycles. The number of alkyl halides is 3. The lowest BCUT2D eigenvalue weighted by Crippen LogP contribution is -2.13. The second-order valence-electron chi connectivity index (χ2n) is 3.89. The summed E-state index contributed by atoms with van der Waals surface area (Å²) >= 11 is 3.00. The van der Waals surface area contributed by atoms with Gasteiger partial charge in [-0.15, -0.1) is 0 Å². The molecular weight excluding hydrogens is 369 g/mol. The van der Waals surface area contributed by atoms with E-state index in [2.05, 4.69) is 26.2 Å². The Morgan fingerprint density at radius 3 is 2.33 bits per heavy atom. The molecule has 21 heavy (non-hydrogen) atoms. The molecule has 3 nitrogen and oxygen atoms in total. The van der Waals surface area contributed by atoms with E-state index in [1.165, 1.54) is 36.5 Å². The number of nitrogens with one attached hydrogen (secondary N) is 1. The number of benzene rings is 1. The Balaban J connectivity index is 2.03. The number of rotatable bonds is 3. The molecule has 0 fully saturated rings. The minimum absolute atomic E-state index is 0.0577. The van der Waals surface area contributed by atoms with Crippen LogP contribution < -0.4 is 5.32 Å². The van der Waals surface area contributed by atoms with Gasteiger partial charge in [0.2, 0.25) is 0 Å². The van der Waals surface area contributed by atoms with Gasteiger partial charge in [0.1, 0.15) is 5.69 Å². The fourth-order valence-electron chi connectivity index (χ4n) is 1.45. The number of hydrogen-bond acceptors (Lipinski definition) is 3. The molecule has 1 amide bonds. The van der Waals surface area contributed by atoms with E-state index in [-0.39, 0.29) is 22.4 Å². The maximum atomic E-state index is 12.2. The molecule has 0 unspecified atom stereocenters. The summed E-state index contributed by atoms with van der Waals surface area (Å²) < 4.78 is 37.3. The Morgan fingerprint density at radius 2 is 1.81 bits per heavy atom. The summed E-state index contributed by atoms with van der Waals surface area (Å²) in [4.78, 5) is 15.9. The van der Waals surface area contributed by atoms with Crippen LogP contribution in [0.15, 0.2) is 52.0 Å². The van der Waals surface area contributed by atoms with Crippen LogP contribution in [0.1, 0.15) is 10.5 Å². The van der Waals surface area contributed by atoms with Crippen molar-refractivity contribution in [2.75, 3.05) is 5.32 Å². The van der Waals surface area contributed by atoms with E-state index < -0.39 is 11.4 Å². The highest BCUT2D eigenvalue weighted by atomic mass is 79.9. The summed E-state index contributed by atoms with van der Waals surface area (Å²) in [5, 5.41) is 2.56. The largest absolute Gasteiger partial charge is 0.446 e. The van der Waals surface area contributed by atoms with Gasteiger partial charge in [0.25, 0.3) is 5.91 Å². The lowest BCUT2D eigenvalue weighted by Gasteiger charge is -2.07. The SMILES string of the molecule is O=C(Nc1ccc(SC(F)(F)F)cc1)c1ccc(Br)cn1. The van der Waals surface area contributed by atoms with Gasteiger partial charge < -0.3 is 5.32 Å². The number of carbonyl (C=O) groups is 1. The Morgan fingerprint density at radius 1 is 1.14 bits per heavy atom. The number of carbonyl (C=O) groups excluding carboxylic acids is 1. The maximum Gasteiger partial charge on any atom is 0.446 e. The second kappa shape index (κ2) is 6.48. The van der Waals surface area contributed by atoms with Gasteiger partial charge in [0.15, 0.2) is 0 Å². The number of aromatic nitrogens is 1. The molecular formula is C13H8BrF3N2OS. The zero-order chi connectivity index (χ0) is 15.5. The van der Waals surface area contributed by atoms with Gasteiger partial charge in [-0.1, -0.05) is 0 Å². The van der Waals surface area contributed by atoms with Gasteiger partial charge in [-0.2, -0.15) is 13.2 Å². The summed E-state index contributed by atoms with van der Waals surface area (Å²) in [5.41, 5.74) is -3.71. The highest BCUT2D eigenvalue weighted by Gasteiger charge is 2.29. The number of thioether (sulfide) groups is 1. The number of nitrogens with zero attached hydrogens (tertiary/aromatic N) is 1. The molecule has 0 radical (unpaired) electrons. The topological polar surface area (TPSA) is 42.0 Å². The van der Waals surface area contributed by atoms with Crippen molar-refractivity contribution in [3.05, 3.63) is 52.8 Å². The minimum atomic E-state index is -4.33. The van der Waals surface area contributed by atoms with E-state index >= 15 is 0 Å². The molecule has 8 heteroatoms. The van der Waals surface area contributed by atoms with Crippen LogP contribution >= 0.6 is 27.7 Å². The zero-order valence-electron chi connectivity index (χ0n) is 10.3. The first-order valence-corrected chi connectivity index (χ1v) is 7.23. The molecule has 0 saturated heterocycles. The van der Waals surface area contributed by atoms with Gasteiger partial charge in [0, 0.05) is 21.3 Å². The molecule has 0 saturated carbocycles. The monoisotopic (exact) mass is 376 g/mol. The van der Waals surface area contributed by atoms with Crippen molar-refractivity contribution in [1.29, 1.82) is 0 Å². The number of pyridine rings is 1. The van der Waals surface area contributed by atoms with Crippen LogP contribution in [0.3, 0.4) is 0 Å². The average Bonchev–Trinajstić information content (AvgIpc) is 2.40. The maximum absolute atomic E-state index is 12.2. The molecule has 0 aliphatic rings. The summed E-state index contributed by atoms with van der Waals surface area (Å²) in [6, 6.07) is 8.61. The first-order valence-electron chi connectivity index (χ1n) is 5.62. The fraction of sp³-hybridized carbons (Fsp3) is 0.0769. The highest BCUT2D eigenvalue weighted by Crippen LogP contribution is 2.37. The molecule has 0 aliphatic carbocycles. The van der Waals surface area contributed by atoms with Crippen LogP contribution in [0.25, 0.3) is 0 Å². The summed E-state index contributed by atoms with van der Waals surface area (Å²) in [7, 11) is 0. The van der Waals surface area contributed by atoms with Crippen LogP contribution in [0.5, 0.6) is 0 Å². The number of amides is 1. The van der Waals surface area contributed by atoms with Crippen molar-refractivity contribution >= 4 is 39.3 Å². The molecule has 1 aromatic carbocycles. The van der Waals surface area contributed by atoms with E-state index in [1.807, 2.05) is 0 Å². The summed E-state index contributed by atoms with van der Waals surface area (Å²) in [6.07, 6.45) is 1.48. The quantitative estimate of drug-likeness (QED) is 0.788. The Hall–Kier alpha value is -1.54. The minimum Gasteiger partial charge on any atom is -0.321 e. The van der Waals surface area contributed by atoms with E-state index in [1.54, 1.807) is 6.07 Å². The lowest BCUT2D eigenvalue weighted by molar-refractivity contribution is -0.0328. The second-order valence-corrected chi connectivity index (χ2v) is 5.94. The Kier molecular flexibility index (Phi) is 4.89. The lowest BCUT2D eigenvalue weighted by atomic mass is 10.3. The zero-order valence-corrected chi connectivity index (χ0v) is 12.7.